The van der Waals surface area contributed by atoms with Gasteiger partial charge in [-0.25, -0.2) is 13.9 Å². The van der Waals surface area contributed by atoms with Crippen LogP contribution in [0.5, 0.6) is 11.5 Å². The van der Waals surface area contributed by atoms with Crippen molar-refractivity contribution < 1.29 is 28.6 Å². The lowest BCUT2D eigenvalue weighted by atomic mass is 10.2. The van der Waals surface area contributed by atoms with E-state index in [4.69, 9.17) is 9.47 Å². The third-order valence-corrected chi connectivity index (χ3v) is 3.94. The first-order valence-electron chi connectivity index (χ1n) is 8.54. The monoisotopic (exact) mass is 399 g/mol. The molecule has 2 N–H and O–H groups in total. The number of phenols is 1. The minimum atomic E-state index is -0.875. The van der Waals surface area contributed by atoms with Crippen LogP contribution in [0.1, 0.15) is 16.1 Å². The Hall–Kier alpha value is -3.88. The molecule has 3 rings (SSSR count). The third kappa shape index (κ3) is 4.52. The minimum Gasteiger partial charge on any atom is -0.504 e. The lowest BCUT2D eigenvalue weighted by Gasteiger charge is -2.10. The highest BCUT2D eigenvalue weighted by atomic mass is 19.1. The summed E-state index contributed by atoms with van der Waals surface area (Å²) in [5.74, 6) is -1.80. The average Bonchev–Trinajstić information content (AvgIpc) is 3.06. The maximum atomic E-state index is 13.1. The Bertz CT molecular complexity index is 1050. The summed E-state index contributed by atoms with van der Waals surface area (Å²) in [5.41, 5.74) is 1.06. The molecule has 2 aromatic carbocycles. The molecule has 0 saturated carbocycles. The summed E-state index contributed by atoms with van der Waals surface area (Å²) in [6, 6.07) is 11.6. The highest BCUT2D eigenvalue weighted by Crippen LogP contribution is 2.29. The normalized spacial score (nSPS) is 10.4. The van der Waals surface area contributed by atoms with Gasteiger partial charge in [0, 0.05) is 6.07 Å². The Balaban J connectivity index is 1.68. The fourth-order valence-corrected chi connectivity index (χ4v) is 2.61. The standard InChI is InChI=1S/C20H18FN3O5/c1-12-10-17(24(23-12)14-8-6-13(21)7-9-14)22-18(25)11-29-20(27)15-4-3-5-16(28-2)19(15)26/h3-10,26H,11H2,1-2H3,(H,22,25). The first-order chi connectivity index (χ1) is 13.9. The van der Waals surface area contributed by atoms with E-state index in [2.05, 4.69) is 10.4 Å². The smallest absolute Gasteiger partial charge is 0.342 e. The highest BCUT2D eigenvalue weighted by Gasteiger charge is 2.18. The quantitative estimate of drug-likeness (QED) is 0.618. The number of aryl methyl sites for hydroxylation is 1. The van der Waals surface area contributed by atoms with Gasteiger partial charge in [-0.15, -0.1) is 0 Å². The summed E-state index contributed by atoms with van der Waals surface area (Å²) in [6.07, 6.45) is 0. The van der Waals surface area contributed by atoms with Gasteiger partial charge >= 0.3 is 5.97 Å². The Morgan fingerprint density at radius 1 is 1.21 bits per heavy atom. The van der Waals surface area contributed by atoms with Crippen LogP contribution in [0.3, 0.4) is 0 Å². The summed E-state index contributed by atoms with van der Waals surface area (Å²) >= 11 is 0. The predicted octanol–water partition coefficient (Wildman–Crippen LogP) is 2.83. The molecule has 0 bridgehead atoms. The molecule has 1 heterocycles. The number of esters is 1. The molecule has 150 valence electrons. The number of nitrogens with zero attached hydrogens (tertiary/aromatic N) is 2. The zero-order chi connectivity index (χ0) is 21.0. The number of hydrogen-bond donors (Lipinski definition) is 2. The Kier molecular flexibility index (Phi) is 5.77. The zero-order valence-electron chi connectivity index (χ0n) is 15.7. The highest BCUT2D eigenvalue weighted by molar-refractivity contribution is 5.97. The second-order valence-corrected chi connectivity index (χ2v) is 6.04. The van der Waals surface area contributed by atoms with Gasteiger partial charge in [0.05, 0.1) is 18.5 Å². The van der Waals surface area contributed by atoms with Crippen molar-refractivity contribution in [3.63, 3.8) is 0 Å². The lowest BCUT2D eigenvalue weighted by Crippen LogP contribution is -2.22. The number of ether oxygens (including phenoxy) is 2. The molecule has 0 aliphatic rings. The summed E-state index contributed by atoms with van der Waals surface area (Å²) in [7, 11) is 1.35. The number of rotatable bonds is 6. The minimum absolute atomic E-state index is 0.113. The van der Waals surface area contributed by atoms with Crippen molar-refractivity contribution in [1.29, 1.82) is 0 Å². The number of hydrogen-bond acceptors (Lipinski definition) is 6. The van der Waals surface area contributed by atoms with Gasteiger partial charge in [-0.3, -0.25) is 4.79 Å². The number of carbonyl (C=O) groups is 2. The van der Waals surface area contributed by atoms with E-state index in [9.17, 15) is 19.1 Å². The number of para-hydroxylation sites is 1. The van der Waals surface area contributed by atoms with Crippen LogP contribution in [-0.2, 0) is 9.53 Å². The lowest BCUT2D eigenvalue weighted by molar-refractivity contribution is -0.119. The molecule has 8 nitrogen and oxygen atoms in total. The van der Waals surface area contributed by atoms with E-state index in [0.29, 0.717) is 17.2 Å². The molecule has 29 heavy (non-hydrogen) atoms. The van der Waals surface area contributed by atoms with E-state index in [1.54, 1.807) is 13.0 Å². The molecule has 0 radical (unpaired) electrons. The van der Waals surface area contributed by atoms with Crippen molar-refractivity contribution in [2.75, 3.05) is 19.0 Å². The average molecular weight is 399 g/mol. The number of aromatic nitrogens is 2. The van der Waals surface area contributed by atoms with E-state index in [-0.39, 0.29) is 17.1 Å². The molecule has 1 aromatic heterocycles. The van der Waals surface area contributed by atoms with Crippen LogP contribution in [0.25, 0.3) is 5.69 Å². The van der Waals surface area contributed by atoms with Crippen molar-refractivity contribution in [2.45, 2.75) is 6.92 Å². The van der Waals surface area contributed by atoms with Gasteiger partial charge in [-0.2, -0.15) is 5.10 Å². The first kappa shape index (κ1) is 19.9. The topological polar surface area (TPSA) is 103 Å². The molecule has 0 aliphatic carbocycles. The molecule has 3 aromatic rings. The number of methoxy groups -OCH3 is 1. The van der Waals surface area contributed by atoms with Gasteiger partial charge in [0.1, 0.15) is 17.2 Å². The fraction of sp³-hybridized carbons (Fsp3) is 0.150. The number of benzene rings is 2. The molecule has 0 unspecified atom stereocenters. The van der Waals surface area contributed by atoms with Gasteiger partial charge in [0.15, 0.2) is 18.1 Å². The van der Waals surface area contributed by atoms with E-state index in [1.807, 2.05) is 0 Å². The van der Waals surface area contributed by atoms with Crippen LogP contribution in [0.15, 0.2) is 48.5 Å². The Morgan fingerprint density at radius 3 is 2.62 bits per heavy atom. The van der Waals surface area contributed by atoms with E-state index in [1.165, 1.54) is 54.3 Å². The number of anilines is 1. The summed E-state index contributed by atoms with van der Waals surface area (Å²) in [4.78, 5) is 24.4. The van der Waals surface area contributed by atoms with Crippen LogP contribution in [-0.4, -0.2) is 40.5 Å². The van der Waals surface area contributed by atoms with Crippen molar-refractivity contribution in [3.05, 3.63) is 65.6 Å². The van der Waals surface area contributed by atoms with Gasteiger partial charge < -0.3 is 19.9 Å². The molecule has 0 spiro atoms. The Labute approximate surface area is 165 Å². The zero-order valence-corrected chi connectivity index (χ0v) is 15.7. The van der Waals surface area contributed by atoms with Gasteiger partial charge in [-0.05, 0) is 43.3 Å². The first-order valence-corrected chi connectivity index (χ1v) is 8.54. The van der Waals surface area contributed by atoms with Crippen molar-refractivity contribution in [3.8, 4) is 17.2 Å². The summed E-state index contributed by atoms with van der Waals surface area (Å²) in [5, 5.41) is 16.8. The number of halogens is 1. The SMILES string of the molecule is COc1cccc(C(=O)OCC(=O)Nc2cc(C)nn2-c2ccc(F)cc2)c1O. The van der Waals surface area contributed by atoms with Crippen LogP contribution in [0.2, 0.25) is 0 Å². The number of aromatic hydroxyl groups is 1. The Morgan fingerprint density at radius 2 is 1.93 bits per heavy atom. The second kappa shape index (κ2) is 8.42. The van der Waals surface area contributed by atoms with E-state index >= 15 is 0 Å². The number of phenolic OH excluding ortho intramolecular Hbond substituents is 1. The largest absolute Gasteiger partial charge is 0.504 e. The van der Waals surface area contributed by atoms with Crippen LogP contribution < -0.4 is 10.1 Å². The molecule has 1 amide bonds. The van der Waals surface area contributed by atoms with Crippen molar-refractivity contribution >= 4 is 17.7 Å². The maximum absolute atomic E-state index is 13.1. The van der Waals surface area contributed by atoms with E-state index < -0.39 is 24.3 Å². The molecule has 0 fully saturated rings. The third-order valence-electron chi connectivity index (χ3n) is 3.94. The van der Waals surface area contributed by atoms with Gasteiger partial charge in [0.2, 0.25) is 0 Å². The number of nitrogens with one attached hydrogen (secondary N) is 1. The maximum Gasteiger partial charge on any atom is 0.342 e. The van der Waals surface area contributed by atoms with Crippen molar-refractivity contribution in [2.24, 2.45) is 0 Å². The molecular formula is C20H18FN3O5. The van der Waals surface area contributed by atoms with Crippen LogP contribution in [0.4, 0.5) is 10.2 Å². The van der Waals surface area contributed by atoms with E-state index in [0.717, 1.165) is 0 Å². The fourth-order valence-electron chi connectivity index (χ4n) is 2.61. The predicted molar refractivity (Wildman–Crippen MR) is 102 cm³/mol. The molecular weight excluding hydrogens is 381 g/mol. The summed E-state index contributed by atoms with van der Waals surface area (Å²) in [6.45, 7) is 1.16. The number of carbonyl (C=O) groups excluding carboxylic acids is 2. The second-order valence-electron chi connectivity index (χ2n) is 6.04. The molecule has 0 saturated heterocycles. The van der Waals surface area contributed by atoms with Gasteiger partial charge in [0.25, 0.3) is 5.91 Å². The number of amides is 1. The van der Waals surface area contributed by atoms with Crippen molar-refractivity contribution in [1.82, 2.24) is 9.78 Å². The van der Waals surface area contributed by atoms with Crippen LogP contribution in [0, 0.1) is 12.7 Å². The molecule has 0 aliphatic heterocycles. The van der Waals surface area contributed by atoms with Gasteiger partial charge in [-0.1, -0.05) is 6.07 Å². The summed E-state index contributed by atoms with van der Waals surface area (Å²) < 4.78 is 24.5. The molecule has 0 atom stereocenters. The molecule has 9 heteroatoms. The van der Waals surface area contributed by atoms with Crippen LogP contribution >= 0.6 is 0 Å².